The molecule has 1 aliphatic rings. The smallest absolute Gasteiger partial charge is 0.416 e. The SMILES string of the molecule is CC[C@@H](OCc1ccc(OC)cc1)[C@H](C)[C@@H](O)CC(=O)N1C(=O)OC[C@@H]1Cc1ccccc1. The van der Waals surface area contributed by atoms with Gasteiger partial charge in [0.2, 0.25) is 5.91 Å². The molecule has 0 radical (unpaired) electrons. The van der Waals surface area contributed by atoms with Crippen LogP contribution in [0.5, 0.6) is 5.75 Å². The summed E-state index contributed by atoms with van der Waals surface area (Å²) in [4.78, 5) is 26.3. The predicted octanol–water partition coefficient (Wildman–Crippen LogP) is 3.97. The van der Waals surface area contributed by atoms with Crippen molar-refractivity contribution >= 4 is 12.0 Å². The molecule has 1 N–H and O–H groups in total. The summed E-state index contributed by atoms with van der Waals surface area (Å²) in [6.45, 7) is 4.40. The molecule has 1 heterocycles. The second-order valence-electron chi connectivity index (χ2n) is 8.42. The number of cyclic esters (lactones) is 1. The summed E-state index contributed by atoms with van der Waals surface area (Å²) in [7, 11) is 1.62. The van der Waals surface area contributed by atoms with Gasteiger partial charge in [0.1, 0.15) is 12.4 Å². The van der Waals surface area contributed by atoms with Crippen LogP contribution >= 0.6 is 0 Å². The molecule has 7 nitrogen and oxygen atoms in total. The number of imide groups is 1. The zero-order chi connectivity index (χ0) is 23.8. The summed E-state index contributed by atoms with van der Waals surface area (Å²) in [5.41, 5.74) is 2.01. The van der Waals surface area contributed by atoms with E-state index in [0.717, 1.165) is 21.8 Å². The maximum absolute atomic E-state index is 12.9. The lowest BCUT2D eigenvalue weighted by molar-refractivity contribution is -0.133. The van der Waals surface area contributed by atoms with Crippen LogP contribution in [0.1, 0.15) is 37.8 Å². The molecule has 2 aromatic carbocycles. The van der Waals surface area contributed by atoms with Crippen LogP contribution in [0, 0.1) is 5.92 Å². The highest BCUT2D eigenvalue weighted by Crippen LogP contribution is 2.24. The van der Waals surface area contributed by atoms with Crippen molar-refractivity contribution < 1.29 is 28.9 Å². The normalized spacial score (nSPS) is 18.5. The van der Waals surface area contributed by atoms with Gasteiger partial charge in [-0.25, -0.2) is 9.69 Å². The van der Waals surface area contributed by atoms with E-state index >= 15 is 0 Å². The Balaban J connectivity index is 1.56. The first kappa shape index (κ1) is 24.7. The van der Waals surface area contributed by atoms with E-state index in [9.17, 15) is 14.7 Å². The minimum Gasteiger partial charge on any atom is -0.497 e. The van der Waals surface area contributed by atoms with Gasteiger partial charge in [0.25, 0.3) is 0 Å². The molecule has 2 amide bonds. The molecule has 178 valence electrons. The molecule has 1 fully saturated rings. The third kappa shape index (κ3) is 6.55. The Bertz CT molecular complexity index is 901. The number of nitrogens with zero attached hydrogens (tertiary/aromatic N) is 1. The Hall–Kier alpha value is -2.90. The lowest BCUT2D eigenvalue weighted by Gasteiger charge is -2.28. The van der Waals surface area contributed by atoms with Crippen molar-refractivity contribution in [1.29, 1.82) is 0 Å². The van der Waals surface area contributed by atoms with Gasteiger partial charge in [-0.05, 0) is 36.1 Å². The molecule has 3 rings (SSSR count). The Labute approximate surface area is 195 Å². The summed E-state index contributed by atoms with van der Waals surface area (Å²) in [5, 5.41) is 10.8. The van der Waals surface area contributed by atoms with Crippen molar-refractivity contribution in [3.8, 4) is 5.75 Å². The number of carbonyl (C=O) groups excluding carboxylic acids is 2. The highest BCUT2D eigenvalue weighted by molar-refractivity contribution is 5.93. The van der Waals surface area contributed by atoms with Crippen LogP contribution in [0.3, 0.4) is 0 Å². The van der Waals surface area contributed by atoms with E-state index in [0.29, 0.717) is 19.4 Å². The first-order chi connectivity index (χ1) is 15.9. The standard InChI is InChI=1S/C26H33NO6/c1-4-24(32-16-20-10-12-22(31-3)13-11-20)18(2)23(28)15-25(29)27-21(17-33-26(27)30)14-19-8-6-5-7-9-19/h5-13,18,21,23-24,28H,4,14-17H2,1-3H3/t18-,21+,23+,24-/m1/s1. The second-order valence-corrected chi connectivity index (χ2v) is 8.42. The molecule has 0 aromatic heterocycles. The second kappa shape index (κ2) is 11.8. The molecule has 0 bridgehead atoms. The topological polar surface area (TPSA) is 85.3 Å². The van der Waals surface area contributed by atoms with E-state index in [1.807, 2.05) is 68.4 Å². The maximum Gasteiger partial charge on any atom is 0.416 e. The van der Waals surface area contributed by atoms with Gasteiger partial charge in [0, 0.05) is 5.92 Å². The minimum absolute atomic E-state index is 0.160. The van der Waals surface area contributed by atoms with E-state index in [-0.39, 0.29) is 31.1 Å². The van der Waals surface area contributed by atoms with Crippen LogP contribution in [0.4, 0.5) is 4.79 Å². The van der Waals surface area contributed by atoms with E-state index in [1.165, 1.54) is 0 Å². The summed E-state index contributed by atoms with van der Waals surface area (Å²) >= 11 is 0. The fourth-order valence-corrected chi connectivity index (χ4v) is 4.08. The average molecular weight is 456 g/mol. The largest absolute Gasteiger partial charge is 0.497 e. The highest BCUT2D eigenvalue weighted by atomic mass is 16.6. The van der Waals surface area contributed by atoms with Crippen LogP contribution in [0.25, 0.3) is 0 Å². The quantitative estimate of drug-likeness (QED) is 0.552. The molecule has 1 aliphatic heterocycles. The number of ether oxygens (including phenoxy) is 3. The van der Waals surface area contributed by atoms with Gasteiger partial charge in [-0.3, -0.25) is 4.79 Å². The van der Waals surface area contributed by atoms with E-state index < -0.39 is 18.1 Å². The number of aliphatic hydroxyl groups excluding tert-OH is 1. The molecule has 0 unspecified atom stereocenters. The van der Waals surface area contributed by atoms with Crippen LogP contribution in [0.2, 0.25) is 0 Å². The Morgan fingerprint density at radius 2 is 1.85 bits per heavy atom. The zero-order valence-electron chi connectivity index (χ0n) is 19.5. The molecule has 7 heteroatoms. The first-order valence-corrected chi connectivity index (χ1v) is 11.4. The van der Waals surface area contributed by atoms with Crippen molar-refractivity contribution in [3.63, 3.8) is 0 Å². The van der Waals surface area contributed by atoms with Crippen molar-refractivity contribution in [2.24, 2.45) is 5.92 Å². The summed E-state index contributed by atoms with van der Waals surface area (Å²) in [5.74, 6) is 0.0604. The van der Waals surface area contributed by atoms with Crippen LogP contribution in [-0.2, 0) is 27.3 Å². The Kier molecular flexibility index (Phi) is 8.86. The number of benzene rings is 2. The van der Waals surface area contributed by atoms with E-state index in [1.54, 1.807) is 7.11 Å². The van der Waals surface area contributed by atoms with E-state index in [4.69, 9.17) is 14.2 Å². The van der Waals surface area contributed by atoms with Crippen molar-refractivity contribution in [1.82, 2.24) is 4.90 Å². The van der Waals surface area contributed by atoms with Gasteiger partial charge >= 0.3 is 6.09 Å². The zero-order valence-corrected chi connectivity index (χ0v) is 19.5. The Morgan fingerprint density at radius 1 is 1.15 bits per heavy atom. The molecule has 33 heavy (non-hydrogen) atoms. The fourth-order valence-electron chi connectivity index (χ4n) is 4.08. The van der Waals surface area contributed by atoms with Crippen LogP contribution in [0.15, 0.2) is 54.6 Å². The van der Waals surface area contributed by atoms with Gasteiger partial charge in [0.15, 0.2) is 0 Å². The van der Waals surface area contributed by atoms with Crippen LogP contribution in [-0.4, -0.2) is 54.0 Å². The summed E-state index contributed by atoms with van der Waals surface area (Å²) < 4.78 is 16.4. The number of hydrogen-bond acceptors (Lipinski definition) is 6. The van der Waals surface area contributed by atoms with Crippen LogP contribution < -0.4 is 4.74 Å². The molecule has 0 aliphatic carbocycles. The van der Waals surface area contributed by atoms with Crippen molar-refractivity contribution in [2.75, 3.05) is 13.7 Å². The number of aliphatic hydroxyl groups is 1. The average Bonchev–Trinajstić information content (AvgIpc) is 3.20. The van der Waals surface area contributed by atoms with Gasteiger partial charge in [-0.2, -0.15) is 0 Å². The number of carbonyl (C=O) groups is 2. The molecule has 0 saturated carbocycles. The van der Waals surface area contributed by atoms with E-state index in [2.05, 4.69) is 0 Å². The number of rotatable bonds is 11. The lowest BCUT2D eigenvalue weighted by atomic mass is 9.93. The third-order valence-electron chi connectivity index (χ3n) is 6.15. The summed E-state index contributed by atoms with van der Waals surface area (Å²) in [6.07, 6.45) is -0.783. The molecular weight excluding hydrogens is 422 g/mol. The molecule has 0 spiro atoms. The summed E-state index contributed by atoms with van der Waals surface area (Å²) in [6, 6.07) is 16.9. The monoisotopic (exact) mass is 455 g/mol. The maximum atomic E-state index is 12.9. The molecule has 1 saturated heterocycles. The first-order valence-electron chi connectivity index (χ1n) is 11.4. The third-order valence-corrected chi connectivity index (χ3v) is 6.15. The highest BCUT2D eigenvalue weighted by Gasteiger charge is 2.39. The molecule has 4 atom stereocenters. The Morgan fingerprint density at radius 3 is 2.48 bits per heavy atom. The lowest BCUT2D eigenvalue weighted by Crippen LogP contribution is -2.43. The fraction of sp³-hybridized carbons (Fsp3) is 0.462. The van der Waals surface area contributed by atoms with Gasteiger partial charge in [-0.1, -0.05) is 56.3 Å². The predicted molar refractivity (Wildman–Crippen MR) is 124 cm³/mol. The number of methoxy groups -OCH3 is 1. The number of amides is 2. The van der Waals surface area contributed by atoms with Crippen molar-refractivity contribution in [3.05, 3.63) is 65.7 Å². The van der Waals surface area contributed by atoms with Gasteiger partial charge in [0.05, 0.1) is 38.4 Å². The van der Waals surface area contributed by atoms with Gasteiger partial charge in [-0.15, -0.1) is 0 Å². The van der Waals surface area contributed by atoms with Crippen molar-refractivity contribution in [2.45, 2.75) is 58.0 Å². The molecule has 2 aromatic rings. The number of hydrogen-bond donors (Lipinski definition) is 1. The van der Waals surface area contributed by atoms with Gasteiger partial charge < -0.3 is 19.3 Å². The molecular formula is C26H33NO6. The minimum atomic E-state index is -0.941.